The molecule has 5 rings (SSSR count). The summed E-state index contributed by atoms with van der Waals surface area (Å²) in [7, 11) is 0. The largest absolute Gasteiger partial charge is 0.350 e. The monoisotopic (exact) mass is 460 g/mol. The lowest BCUT2D eigenvalue weighted by molar-refractivity contribution is -0.135. The summed E-state index contributed by atoms with van der Waals surface area (Å²) in [5.41, 5.74) is 2.17. The topological polar surface area (TPSA) is 98.8 Å². The molecule has 0 saturated carbocycles. The summed E-state index contributed by atoms with van der Waals surface area (Å²) in [6.45, 7) is 1.41. The summed E-state index contributed by atoms with van der Waals surface area (Å²) in [4.78, 5) is 54.0. The number of benzene rings is 2. The molecule has 5 amide bonds. The first-order chi connectivity index (χ1) is 16.5. The second-order valence-corrected chi connectivity index (χ2v) is 9.21. The molecule has 34 heavy (non-hydrogen) atoms. The van der Waals surface area contributed by atoms with Gasteiger partial charge in [-0.1, -0.05) is 36.4 Å². The minimum absolute atomic E-state index is 0.00866. The molecule has 1 spiro atoms. The number of fused-ring (bicyclic) bond motifs is 2. The van der Waals surface area contributed by atoms with Crippen molar-refractivity contribution < 1.29 is 19.2 Å². The third-order valence-electron chi connectivity index (χ3n) is 7.03. The van der Waals surface area contributed by atoms with Crippen LogP contribution in [0.5, 0.6) is 0 Å². The number of carbonyl (C=O) groups is 4. The number of amides is 5. The van der Waals surface area contributed by atoms with Gasteiger partial charge in [0.1, 0.15) is 12.1 Å². The molecule has 1 unspecified atom stereocenters. The third-order valence-corrected chi connectivity index (χ3v) is 7.03. The molecule has 0 radical (unpaired) electrons. The number of likely N-dealkylation sites (tertiary alicyclic amines) is 1. The molecule has 2 N–H and O–H groups in total. The summed E-state index contributed by atoms with van der Waals surface area (Å²) in [6, 6.07) is 14.3. The van der Waals surface area contributed by atoms with E-state index < -0.39 is 17.5 Å². The van der Waals surface area contributed by atoms with Crippen molar-refractivity contribution in [3.8, 4) is 0 Å². The summed E-state index contributed by atoms with van der Waals surface area (Å²) in [5, 5.41) is 5.60. The molecule has 3 aliphatic rings. The molecule has 1 atom stereocenters. The molecular weight excluding hydrogens is 432 g/mol. The Morgan fingerprint density at radius 2 is 1.79 bits per heavy atom. The Labute approximate surface area is 198 Å². The van der Waals surface area contributed by atoms with Gasteiger partial charge in [0.15, 0.2) is 0 Å². The first kappa shape index (κ1) is 22.1. The Balaban J connectivity index is 1.21. The molecule has 8 heteroatoms. The van der Waals surface area contributed by atoms with Gasteiger partial charge in [0.25, 0.3) is 11.8 Å². The van der Waals surface area contributed by atoms with E-state index in [1.165, 1.54) is 0 Å². The minimum Gasteiger partial charge on any atom is -0.350 e. The number of urea groups is 1. The highest BCUT2D eigenvalue weighted by Gasteiger charge is 2.55. The fourth-order valence-corrected chi connectivity index (χ4v) is 5.23. The molecular formula is C26H28N4O4. The maximum Gasteiger partial charge on any atom is 0.325 e. The second-order valence-electron chi connectivity index (χ2n) is 9.21. The first-order valence-electron chi connectivity index (χ1n) is 11.9. The number of rotatable bonds is 5. The lowest BCUT2D eigenvalue weighted by Gasteiger charge is -2.26. The number of nitrogens with one attached hydrogen (secondary N) is 2. The highest BCUT2D eigenvalue weighted by Crippen LogP contribution is 2.41. The van der Waals surface area contributed by atoms with Gasteiger partial charge in [-0.05, 0) is 60.9 Å². The summed E-state index contributed by atoms with van der Waals surface area (Å²) < 4.78 is 0. The minimum atomic E-state index is -1.07. The van der Waals surface area contributed by atoms with Crippen LogP contribution in [0.4, 0.5) is 4.79 Å². The highest BCUT2D eigenvalue weighted by molar-refractivity contribution is 6.09. The fraction of sp³-hybridized carbons (Fsp3) is 0.385. The predicted octanol–water partition coefficient (Wildman–Crippen LogP) is 2.32. The molecule has 2 aromatic rings. The third kappa shape index (κ3) is 3.93. The maximum absolute atomic E-state index is 13.2. The summed E-state index contributed by atoms with van der Waals surface area (Å²) in [5.74, 6) is -0.805. The SMILES string of the molecule is O=C(CN1C(=O)NC2(CCc3ccccc32)C1=O)NCc1cccc(C(=O)N2CCCCC2)c1. The standard InChI is InChI=1S/C26H28N4O4/c31-22(27-16-18-7-6-9-20(15-18)23(32)29-13-4-1-5-14-29)17-30-24(33)26(28-25(30)34)12-11-19-8-2-3-10-21(19)26/h2-3,6-10,15H,1,4-5,11-14,16-17H2,(H,27,31)(H,28,34). The summed E-state index contributed by atoms with van der Waals surface area (Å²) in [6.07, 6.45) is 4.40. The van der Waals surface area contributed by atoms with Crippen molar-refractivity contribution in [3.05, 3.63) is 70.8 Å². The van der Waals surface area contributed by atoms with E-state index in [1.54, 1.807) is 18.2 Å². The van der Waals surface area contributed by atoms with E-state index >= 15 is 0 Å². The summed E-state index contributed by atoms with van der Waals surface area (Å²) >= 11 is 0. The average molecular weight is 461 g/mol. The van der Waals surface area contributed by atoms with E-state index in [0.717, 1.165) is 53.9 Å². The van der Waals surface area contributed by atoms with Gasteiger partial charge in [0, 0.05) is 25.2 Å². The van der Waals surface area contributed by atoms with Crippen LogP contribution in [0.3, 0.4) is 0 Å². The van der Waals surface area contributed by atoms with Crippen LogP contribution >= 0.6 is 0 Å². The lowest BCUT2D eigenvalue weighted by atomic mass is 9.92. The molecule has 176 valence electrons. The van der Waals surface area contributed by atoms with Crippen molar-refractivity contribution in [1.29, 1.82) is 0 Å². The van der Waals surface area contributed by atoms with Gasteiger partial charge in [-0.2, -0.15) is 0 Å². The van der Waals surface area contributed by atoms with Gasteiger partial charge in [-0.25, -0.2) is 4.79 Å². The number of carbonyl (C=O) groups excluding carboxylic acids is 4. The number of hydrogen-bond acceptors (Lipinski definition) is 4. The molecule has 0 aromatic heterocycles. The number of piperidine rings is 1. The van der Waals surface area contributed by atoms with Gasteiger partial charge in [-0.15, -0.1) is 0 Å². The van der Waals surface area contributed by atoms with Crippen molar-refractivity contribution in [1.82, 2.24) is 20.4 Å². The first-order valence-corrected chi connectivity index (χ1v) is 11.9. The molecule has 0 bridgehead atoms. The quantitative estimate of drug-likeness (QED) is 0.669. The van der Waals surface area contributed by atoms with Crippen LogP contribution in [-0.4, -0.2) is 53.2 Å². The lowest BCUT2D eigenvalue weighted by Crippen LogP contribution is -2.43. The number of imide groups is 1. The van der Waals surface area contributed by atoms with Crippen molar-refractivity contribution in [2.45, 2.75) is 44.2 Å². The van der Waals surface area contributed by atoms with Crippen LogP contribution in [0.2, 0.25) is 0 Å². The van der Waals surface area contributed by atoms with Crippen molar-refractivity contribution >= 4 is 23.8 Å². The number of aryl methyl sites for hydroxylation is 1. The second kappa shape index (κ2) is 8.93. The Kier molecular flexibility index (Phi) is 5.81. The van der Waals surface area contributed by atoms with Gasteiger partial charge in [-0.3, -0.25) is 19.3 Å². The van der Waals surface area contributed by atoms with E-state index in [9.17, 15) is 19.2 Å². The van der Waals surface area contributed by atoms with Crippen molar-refractivity contribution in [3.63, 3.8) is 0 Å². The van der Waals surface area contributed by atoms with Gasteiger partial charge in [0.2, 0.25) is 5.91 Å². The van der Waals surface area contributed by atoms with Crippen LogP contribution in [0.25, 0.3) is 0 Å². The van der Waals surface area contributed by atoms with Crippen LogP contribution in [0.1, 0.15) is 52.7 Å². The zero-order valence-electron chi connectivity index (χ0n) is 19.0. The van der Waals surface area contributed by atoms with Crippen molar-refractivity contribution in [2.24, 2.45) is 0 Å². The molecule has 1 aliphatic carbocycles. The average Bonchev–Trinajstić information content (AvgIpc) is 3.36. The predicted molar refractivity (Wildman–Crippen MR) is 125 cm³/mol. The Hall–Kier alpha value is -3.68. The number of hydrogen-bond donors (Lipinski definition) is 2. The fourth-order valence-electron chi connectivity index (χ4n) is 5.23. The molecule has 2 heterocycles. The van der Waals surface area contributed by atoms with Crippen molar-refractivity contribution in [2.75, 3.05) is 19.6 Å². The highest BCUT2D eigenvalue weighted by atomic mass is 16.2. The van der Waals surface area contributed by atoms with Crippen LogP contribution in [0.15, 0.2) is 48.5 Å². The normalized spacial score (nSPS) is 21.5. The van der Waals surface area contributed by atoms with E-state index in [-0.39, 0.29) is 24.9 Å². The molecule has 2 aromatic carbocycles. The molecule has 2 aliphatic heterocycles. The molecule has 2 saturated heterocycles. The van der Waals surface area contributed by atoms with Gasteiger partial charge < -0.3 is 15.5 Å². The van der Waals surface area contributed by atoms with Crippen LogP contribution < -0.4 is 10.6 Å². The maximum atomic E-state index is 13.2. The van der Waals surface area contributed by atoms with E-state index in [0.29, 0.717) is 18.4 Å². The smallest absolute Gasteiger partial charge is 0.325 e. The Bertz CT molecular complexity index is 1160. The van der Waals surface area contributed by atoms with Crippen LogP contribution in [-0.2, 0) is 28.1 Å². The molecule has 2 fully saturated rings. The van der Waals surface area contributed by atoms with Gasteiger partial charge in [0.05, 0.1) is 0 Å². The van der Waals surface area contributed by atoms with E-state index in [2.05, 4.69) is 10.6 Å². The van der Waals surface area contributed by atoms with E-state index in [4.69, 9.17) is 0 Å². The van der Waals surface area contributed by atoms with Crippen LogP contribution in [0, 0.1) is 0 Å². The van der Waals surface area contributed by atoms with E-state index in [1.807, 2.05) is 35.2 Å². The Morgan fingerprint density at radius 3 is 2.62 bits per heavy atom. The van der Waals surface area contributed by atoms with Gasteiger partial charge >= 0.3 is 6.03 Å². The molecule has 8 nitrogen and oxygen atoms in total. The zero-order chi connectivity index (χ0) is 23.7. The number of nitrogens with zero attached hydrogens (tertiary/aromatic N) is 2. The zero-order valence-corrected chi connectivity index (χ0v) is 19.0. The Morgan fingerprint density at radius 1 is 1.00 bits per heavy atom.